The van der Waals surface area contributed by atoms with Crippen molar-refractivity contribution in [3.05, 3.63) is 40.9 Å². The standard InChI is InChI=1S/C12H15ClO2/c1-8(2)6-11(14)10-7-9(13)4-5-12(10)15-3/h4-5,7,11,14H,1,6H2,2-3H3. The summed E-state index contributed by atoms with van der Waals surface area (Å²) in [5, 5.41) is 10.5. The molecule has 0 aromatic heterocycles. The lowest BCUT2D eigenvalue weighted by Crippen LogP contribution is -2.01. The van der Waals surface area contributed by atoms with Crippen LogP contribution >= 0.6 is 11.6 Å². The molecule has 15 heavy (non-hydrogen) atoms. The van der Waals surface area contributed by atoms with Crippen molar-refractivity contribution < 1.29 is 9.84 Å². The minimum atomic E-state index is -0.615. The molecule has 1 N–H and O–H groups in total. The van der Waals surface area contributed by atoms with Gasteiger partial charge in [0.15, 0.2) is 0 Å². The summed E-state index contributed by atoms with van der Waals surface area (Å²) in [4.78, 5) is 0. The molecule has 0 aliphatic carbocycles. The van der Waals surface area contributed by atoms with E-state index in [9.17, 15) is 5.11 Å². The third kappa shape index (κ3) is 3.26. The van der Waals surface area contributed by atoms with Crippen LogP contribution < -0.4 is 4.74 Å². The zero-order valence-electron chi connectivity index (χ0n) is 8.96. The van der Waals surface area contributed by atoms with Gasteiger partial charge in [0.2, 0.25) is 0 Å². The Morgan fingerprint density at radius 3 is 2.80 bits per heavy atom. The molecular formula is C12H15ClO2. The van der Waals surface area contributed by atoms with E-state index in [1.807, 2.05) is 6.92 Å². The zero-order valence-corrected chi connectivity index (χ0v) is 9.71. The highest BCUT2D eigenvalue weighted by Gasteiger charge is 2.13. The van der Waals surface area contributed by atoms with Crippen molar-refractivity contribution in [1.82, 2.24) is 0 Å². The number of hydrogen-bond acceptors (Lipinski definition) is 2. The first-order chi connectivity index (χ1) is 7.04. The van der Waals surface area contributed by atoms with Gasteiger partial charge in [0.1, 0.15) is 5.75 Å². The monoisotopic (exact) mass is 226 g/mol. The topological polar surface area (TPSA) is 29.5 Å². The number of rotatable bonds is 4. The molecule has 0 spiro atoms. The Bertz CT molecular complexity index is 361. The Balaban J connectivity index is 2.99. The Morgan fingerprint density at radius 2 is 2.27 bits per heavy atom. The lowest BCUT2D eigenvalue weighted by atomic mass is 10.0. The second-order valence-corrected chi connectivity index (χ2v) is 4.00. The minimum absolute atomic E-state index is 0.511. The summed E-state index contributed by atoms with van der Waals surface area (Å²) in [5.41, 5.74) is 1.62. The predicted octanol–water partition coefficient (Wildman–Crippen LogP) is 3.35. The van der Waals surface area contributed by atoms with Crippen LogP contribution in [0.15, 0.2) is 30.4 Å². The third-order valence-electron chi connectivity index (χ3n) is 2.09. The second kappa shape index (κ2) is 5.19. The number of methoxy groups -OCH3 is 1. The van der Waals surface area contributed by atoms with Crippen LogP contribution in [0.1, 0.15) is 25.0 Å². The summed E-state index contributed by atoms with van der Waals surface area (Å²) in [6, 6.07) is 5.20. The van der Waals surface area contributed by atoms with Crippen LogP contribution in [0.3, 0.4) is 0 Å². The maximum absolute atomic E-state index is 9.93. The normalized spacial score (nSPS) is 12.3. The SMILES string of the molecule is C=C(C)CC(O)c1cc(Cl)ccc1OC. The van der Waals surface area contributed by atoms with Crippen molar-refractivity contribution in [3.8, 4) is 5.75 Å². The van der Waals surface area contributed by atoms with Crippen LogP contribution in [0, 0.1) is 0 Å². The number of aliphatic hydroxyl groups is 1. The van der Waals surface area contributed by atoms with Gasteiger partial charge in [-0.3, -0.25) is 0 Å². The molecule has 1 aromatic rings. The van der Waals surface area contributed by atoms with Gasteiger partial charge >= 0.3 is 0 Å². The van der Waals surface area contributed by atoms with E-state index in [0.717, 1.165) is 5.57 Å². The molecule has 82 valence electrons. The number of halogens is 1. The molecule has 0 saturated heterocycles. The van der Waals surface area contributed by atoms with Crippen molar-refractivity contribution in [1.29, 1.82) is 0 Å². The summed E-state index contributed by atoms with van der Waals surface area (Å²) >= 11 is 5.87. The molecule has 3 heteroatoms. The first kappa shape index (κ1) is 12.1. The second-order valence-electron chi connectivity index (χ2n) is 3.56. The van der Waals surface area contributed by atoms with E-state index < -0.39 is 6.10 Å². The highest BCUT2D eigenvalue weighted by atomic mass is 35.5. The van der Waals surface area contributed by atoms with E-state index in [0.29, 0.717) is 22.8 Å². The molecule has 0 aliphatic rings. The molecule has 0 bridgehead atoms. The molecule has 2 nitrogen and oxygen atoms in total. The summed E-state index contributed by atoms with van der Waals surface area (Å²) in [6.45, 7) is 5.64. The Kier molecular flexibility index (Phi) is 4.18. The van der Waals surface area contributed by atoms with Crippen molar-refractivity contribution in [2.75, 3.05) is 7.11 Å². The summed E-state index contributed by atoms with van der Waals surface area (Å²) < 4.78 is 5.15. The molecule has 0 amide bonds. The molecule has 1 aromatic carbocycles. The number of ether oxygens (including phenoxy) is 1. The minimum Gasteiger partial charge on any atom is -0.496 e. The van der Waals surface area contributed by atoms with Gasteiger partial charge in [-0.05, 0) is 31.5 Å². The van der Waals surface area contributed by atoms with Crippen molar-refractivity contribution in [3.63, 3.8) is 0 Å². The van der Waals surface area contributed by atoms with Crippen LogP contribution in [-0.4, -0.2) is 12.2 Å². The quantitative estimate of drug-likeness (QED) is 0.798. The van der Waals surface area contributed by atoms with Gasteiger partial charge in [0, 0.05) is 10.6 Å². The van der Waals surface area contributed by atoms with Crippen LogP contribution in [0.5, 0.6) is 5.75 Å². The van der Waals surface area contributed by atoms with E-state index in [1.165, 1.54) is 0 Å². The van der Waals surface area contributed by atoms with Gasteiger partial charge in [-0.1, -0.05) is 17.2 Å². The summed E-state index contributed by atoms with van der Waals surface area (Å²) in [7, 11) is 1.57. The average Bonchev–Trinajstić information content (AvgIpc) is 2.16. The smallest absolute Gasteiger partial charge is 0.124 e. The van der Waals surface area contributed by atoms with E-state index >= 15 is 0 Å². The van der Waals surface area contributed by atoms with Gasteiger partial charge in [-0.25, -0.2) is 0 Å². The first-order valence-corrected chi connectivity index (χ1v) is 5.08. The lowest BCUT2D eigenvalue weighted by molar-refractivity contribution is 0.174. The van der Waals surface area contributed by atoms with Crippen LogP contribution in [-0.2, 0) is 0 Å². The molecule has 1 rings (SSSR count). The number of hydrogen-bond donors (Lipinski definition) is 1. The van der Waals surface area contributed by atoms with Crippen LogP contribution in [0.4, 0.5) is 0 Å². The Hall–Kier alpha value is -0.990. The largest absolute Gasteiger partial charge is 0.496 e. The third-order valence-corrected chi connectivity index (χ3v) is 2.33. The summed E-state index contributed by atoms with van der Waals surface area (Å²) in [6.07, 6.45) is -0.104. The van der Waals surface area contributed by atoms with Crippen LogP contribution in [0.2, 0.25) is 5.02 Å². The maximum Gasteiger partial charge on any atom is 0.124 e. The fraction of sp³-hybridized carbons (Fsp3) is 0.333. The number of aliphatic hydroxyl groups excluding tert-OH is 1. The molecule has 0 saturated carbocycles. The molecule has 0 aliphatic heterocycles. The van der Waals surface area contributed by atoms with Gasteiger partial charge < -0.3 is 9.84 Å². The van der Waals surface area contributed by atoms with E-state index in [-0.39, 0.29) is 0 Å². The van der Waals surface area contributed by atoms with Crippen molar-refractivity contribution >= 4 is 11.6 Å². The molecule has 1 atom stereocenters. The Labute approximate surface area is 95.1 Å². The maximum atomic E-state index is 9.93. The van der Waals surface area contributed by atoms with E-state index in [1.54, 1.807) is 25.3 Å². The lowest BCUT2D eigenvalue weighted by Gasteiger charge is -2.15. The zero-order chi connectivity index (χ0) is 11.4. The van der Waals surface area contributed by atoms with E-state index in [2.05, 4.69) is 6.58 Å². The molecule has 0 fully saturated rings. The van der Waals surface area contributed by atoms with Gasteiger partial charge in [0.05, 0.1) is 13.2 Å². The van der Waals surface area contributed by atoms with E-state index in [4.69, 9.17) is 16.3 Å². The van der Waals surface area contributed by atoms with Crippen molar-refractivity contribution in [2.45, 2.75) is 19.4 Å². The summed E-state index contributed by atoms with van der Waals surface area (Å²) in [5.74, 6) is 0.646. The first-order valence-electron chi connectivity index (χ1n) is 4.70. The highest BCUT2D eigenvalue weighted by molar-refractivity contribution is 6.30. The Morgan fingerprint density at radius 1 is 1.60 bits per heavy atom. The molecule has 0 radical (unpaired) electrons. The number of benzene rings is 1. The van der Waals surface area contributed by atoms with Gasteiger partial charge in [-0.2, -0.15) is 0 Å². The van der Waals surface area contributed by atoms with Crippen LogP contribution in [0.25, 0.3) is 0 Å². The molecule has 1 unspecified atom stereocenters. The predicted molar refractivity (Wildman–Crippen MR) is 62.4 cm³/mol. The molecule has 0 heterocycles. The van der Waals surface area contributed by atoms with Gasteiger partial charge in [-0.15, -0.1) is 6.58 Å². The fourth-order valence-electron chi connectivity index (χ4n) is 1.41. The fourth-order valence-corrected chi connectivity index (χ4v) is 1.59. The van der Waals surface area contributed by atoms with Crippen molar-refractivity contribution in [2.24, 2.45) is 0 Å². The highest BCUT2D eigenvalue weighted by Crippen LogP contribution is 2.31. The molecular weight excluding hydrogens is 212 g/mol. The average molecular weight is 227 g/mol. The van der Waals surface area contributed by atoms with Gasteiger partial charge in [0.25, 0.3) is 0 Å².